The minimum Gasteiger partial charge on any atom is -0.870 e. The van der Waals surface area contributed by atoms with Crippen LogP contribution in [0.1, 0.15) is 195 Å². The molecule has 1 N–H and O–H groups in total. The highest BCUT2D eigenvalue weighted by Crippen LogP contribution is 2.19. The molecule has 220 valence electrons. The highest BCUT2D eigenvalue weighted by Gasteiger charge is 2.24. The first-order valence-electron chi connectivity index (χ1n) is 17.1. The van der Waals surface area contributed by atoms with Crippen LogP contribution in [0.5, 0.6) is 0 Å². The average Bonchev–Trinajstić information content (AvgIpc) is 2.85. The minimum atomic E-state index is 0. The molecule has 0 aromatic heterocycles. The van der Waals surface area contributed by atoms with E-state index in [1.54, 1.807) is 0 Å². The van der Waals surface area contributed by atoms with E-state index in [0.717, 1.165) is 0 Å². The lowest BCUT2D eigenvalue weighted by Gasteiger charge is -2.39. The maximum absolute atomic E-state index is 2.41. The molecule has 0 fully saturated rings. The SMILES string of the molecule is CCCCCCCCCCCCCC[N+](CCC)(CCC)CCCCCCCCCCCCCC.[OH-]. The lowest BCUT2D eigenvalue weighted by atomic mass is 10.0. The van der Waals surface area contributed by atoms with Crippen molar-refractivity contribution in [2.45, 2.75) is 195 Å². The van der Waals surface area contributed by atoms with E-state index in [1.165, 1.54) is 198 Å². The molecule has 0 unspecified atom stereocenters. The fourth-order valence-electron chi connectivity index (χ4n) is 6.20. The normalized spacial score (nSPS) is 11.7. The summed E-state index contributed by atoms with van der Waals surface area (Å²) in [6, 6.07) is 0. The van der Waals surface area contributed by atoms with E-state index < -0.39 is 0 Å². The second-order valence-electron chi connectivity index (χ2n) is 12.0. The van der Waals surface area contributed by atoms with E-state index in [1.807, 2.05) is 0 Å². The molecular weight excluding hydrogens is 438 g/mol. The van der Waals surface area contributed by atoms with Gasteiger partial charge in [0.2, 0.25) is 0 Å². The largest absolute Gasteiger partial charge is 0.870 e. The predicted molar refractivity (Wildman–Crippen MR) is 164 cm³/mol. The molecule has 0 aromatic rings. The van der Waals surface area contributed by atoms with Crippen molar-refractivity contribution in [3.63, 3.8) is 0 Å². The Morgan fingerprint density at radius 1 is 0.250 bits per heavy atom. The highest BCUT2D eigenvalue weighted by atomic mass is 16.0. The van der Waals surface area contributed by atoms with Crippen LogP contribution in [0.25, 0.3) is 0 Å². The Hall–Kier alpha value is -0.0800. The number of quaternary nitrogens is 1. The molecule has 0 radical (unpaired) electrons. The molecule has 0 bridgehead atoms. The second-order valence-corrected chi connectivity index (χ2v) is 12.0. The van der Waals surface area contributed by atoms with Gasteiger partial charge in [-0.25, -0.2) is 0 Å². The van der Waals surface area contributed by atoms with Gasteiger partial charge in [0, 0.05) is 0 Å². The first kappa shape index (κ1) is 38.1. The van der Waals surface area contributed by atoms with Gasteiger partial charge in [0.25, 0.3) is 0 Å². The fraction of sp³-hybridized carbons (Fsp3) is 1.00. The van der Waals surface area contributed by atoms with E-state index in [9.17, 15) is 0 Å². The maximum atomic E-state index is 2.41. The third kappa shape index (κ3) is 25.6. The summed E-state index contributed by atoms with van der Waals surface area (Å²) >= 11 is 0. The van der Waals surface area contributed by atoms with Crippen LogP contribution in [0.4, 0.5) is 0 Å². The molecule has 0 spiro atoms. The maximum Gasteiger partial charge on any atom is 0.0786 e. The zero-order chi connectivity index (χ0) is 25.7. The number of rotatable bonds is 30. The van der Waals surface area contributed by atoms with Crippen molar-refractivity contribution in [2.24, 2.45) is 0 Å². The smallest absolute Gasteiger partial charge is 0.0786 e. The summed E-state index contributed by atoms with van der Waals surface area (Å²) in [7, 11) is 0. The molecule has 0 saturated carbocycles. The first-order chi connectivity index (χ1) is 17.2. The van der Waals surface area contributed by atoms with Gasteiger partial charge in [-0.3, -0.25) is 0 Å². The van der Waals surface area contributed by atoms with E-state index in [-0.39, 0.29) is 5.48 Å². The van der Waals surface area contributed by atoms with Gasteiger partial charge in [-0.05, 0) is 38.5 Å². The van der Waals surface area contributed by atoms with Gasteiger partial charge < -0.3 is 9.96 Å². The minimum absolute atomic E-state index is 0. The van der Waals surface area contributed by atoms with Crippen molar-refractivity contribution >= 4 is 0 Å². The topological polar surface area (TPSA) is 30.0 Å². The average molecular weight is 512 g/mol. The van der Waals surface area contributed by atoms with Crippen LogP contribution in [0.2, 0.25) is 0 Å². The molecule has 0 amide bonds. The number of unbranched alkanes of at least 4 members (excludes halogenated alkanes) is 22. The number of nitrogens with zero attached hydrogens (tertiary/aromatic N) is 1. The van der Waals surface area contributed by atoms with Crippen molar-refractivity contribution in [2.75, 3.05) is 26.2 Å². The van der Waals surface area contributed by atoms with E-state index in [2.05, 4.69) is 27.7 Å². The summed E-state index contributed by atoms with van der Waals surface area (Å²) in [6.45, 7) is 15.2. The van der Waals surface area contributed by atoms with Gasteiger partial charge in [0.15, 0.2) is 0 Å². The van der Waals surface area contributed by atoms with Gasteiger partial charge in [0.1, 0.15) is 0 Å². The van der Waals surface area contributed by atoms with Gasteiger partial charge in [-0.1, -0.05) is 156 Å². The molecule has 0 atom stereocenters. The van der Waals surface area contributed by atoms with E-state index >= 15 is 0 Å². The fourth-order valence-corrected chi connectivity index (χ4v) is 6.20. The van der Waals surface area contributed by atoms with Gasteiger partial charge >= 0.3 is 0 Å². The lowest BCUT2D eigenvalue weighted by Crippen LogP contribution is -2.50. The lowest BCUT2D eigenvalue weighted by molar-refractivity contribution is -0.928. The summed E-state index contributed by atoms with van der Waals surface area (Å²) in [5.41, 5.74) is 0. The summed E-state index contributed by atoms with van der Waals surface area (Å²) in [5.74, 6) is 0. The molecule has 36 heavy (non-hydrogen) atoms. The number of hydrogen-bond donors (Lipinski definition) is 0. The molecule has 2 heteroatoms. The molecular formula is C34H73NO. The zero-order valence-electron chi connectivity index (χ0n) is 26.1. The predicted octanol–water partition coefficient (Wildman–Crippen LogP) is 11.8. The second kappa shape index (κ2) is 31.1. The van der Waals surface area contributed by atoms with Crippen molar-refractivity contribution in [3.8, 4) is 0 Å². The third-order valence-electron chi connectivity index (χ3n) is 8.37. The van der Waals surface area contributed by atoms with Crippen LogP contribution in [-0.4, -0.2) is 36.1 Å². The Morgan fingerprint density at radius 2 is 0.472 bits per heavy atom. The molecule has 0 aliphatic carbocycles. The Bertz CT molecular complexity index is 347. The standard InChI is InChI=1S/C34H72N.H2O/c1-5-9-11-13-15-17-19-21-23-25-27-29-33-35(31-7-3,32-8-4)34-30-28-26-24-22-20-18-16-14-12-10-6-2;/h5-34H2,1-4H3;1H2/q+1;/p-1. The van der Waals surface area contributed by atoms with Crippen molar-refractivity contribution in [3.05, 3.63) is 0 Å². The summed E-state index contributed by atoms with van der Waals surface area (Å²) in [5, 5.41) is 0. The van der Waals surface area contributed by atoms with Crippen molar-refractivity contribution in [1.29, 1.82) is 0 Å². The summed E-state index contributed by atoms with van der Waals surface area (Å²) in [6.07, 6.45) is 37.9. The quantitative estimate of drug-likeness (QED) is 0.0696. The van der Waals surface area contributed by atoms with Crippen LogP contribution in [0.3, 0.4) is 0 Å². The molecule has 0 saturated heterocycles. The Balaban J connectivity index is 0. The van der Waals surface area contributed by atoms with Gasteiger partial charge in [-0.2, -0.15) is 0 Å². The van der Waals surface area contributed by atoms with Crippen LogP contribution in [-0.2, 0) is 0 Å². The third-order valence-corrected chi connectivity index (χ3v) is 8.37. The zero-order valence-corrected chi connectivity index (χ0v) is 26.1. The molecule has 0 aliphatic rings. The first-order valence-corrected chi connectivity index (χ1v) is 17.1. The molecule has 0 rings (SSSR count). The van der Waals surface area contributed by atoms with Gasteiger partial charge in [-0.15, -0.1) is 0 Å². The highest BCUT2D eigenvalue weighted by molar-refractivity contribution is 4.53. The molecule has 0 aromatic carbocycles. The van der Waals surface area contributed by atoms with Crippen LogP contribution in [0, 0.1) is 0 Å². The molecule has 0 heterocycles. The monoisotopic (exact) mass is 512 g/mol. The Kier molecular flexibility index (Phi) is 32.9. The molecule has 0 aliphatic heterocycles. The van der Waals surface area contributed by atoms with Crippen molar-refractivity contribution in [1.82, 2.24) is 0 Å². The Labute approximate surface area is 230 Å². The van der Waals surface area contributed by atoms with Crippen LogP contribution in [0.15, 0.2) is 0 Å². The summed E-state index contributed by atoms with van der Waals surface area (Å²) < 4.78 is 1.43. The van der Waals surface area contributed by atoms with Gasteiger partial charge in [0.05, 0.1) is 26.2 Å². The van der Waals surface area contributed by atoms with E-state index in [4.69, 9.17) is 0 Å². The summed E-state index contributed by atoms with van der Waals surface area (Å²) in [4.78, 5) is 0. The Morgan fingerprint density at radius 3 is 0.694 bits per heavy atom. The number of hydrogen-bond acceptors (Lipinski definition) is 1. The van der Waals surface area contributed by atoms with Crippen LogP contribution < -0.4 is 0 Å². The molecule has 2 nitrogen and oxygen atoms in total. The van der Waals surface area contributed by atoms with Crippen molar-refractivity contribution < 1.29 is 9.96 Å². The van der Waals surface area contributed by atoms with Crippen LogP contribution >= 0.6 is 0 Å². The van der Waals surface area contributed by atoms with E-state index in [0.29, 0.717) is 0 Å².